The molecular formula is C21H25N3O4. The molecule has 1 N–H and O–H groups in total. The summed E-state index contributed by atoms with van der Waals surface area (Å²) in [5.41, 5.74) is 0.715. The van der Waals surface area contributed by atoms with Crippen LogP contribution in [0.1, 0.15) is 55.2 Å². The third-order valence-electron chi connectivity index (χ3n) is 5.84. The van der Waals surface area contributed by atoms with E-state index in [0.29, 0.717) is 28.9 Å². The minimum Gasteiger partial charge on any atom is -0.452 e. The zero-order valence-corrected chi connectivity index (χ0v) is 16.1. The van der Waals surface area contributed by atoms with E-state index in [1.165, 1.54) is 6.42 Å². The molecule has 1 aliphatic heterocycles. The lowest BCUT2D eigenvalue weighted by atomic mass is 9.86. The second-order valence-corrected chi connectivity index (χ2v) is 7.83. The van der Waals surface area contributed by atoms with Crippen molar-refractivity contribution in [2.24, 2.45) is 5.92 Å². The van der Waals surface area contributed by atoms with Crippen LogP contribution < -0.4 is 10.9 Å². The summed E-state index contributed by atoms with van der Waals surface area (Å²) >= 11 is 0. The van der Waals surface area contributed by atoms with Gasteiger partial charge in [0.25, 0.3) is 11.5 Å². The molecule has 2 atom stereocenters. The molecule has 7 heteroatoms. The van der Waals surface area contributed by atoms with Crippen LogP contribution in [-0.2, 0) is 22.5 Å². The summed E-state index contributed by atoms with van der Waals surface area (Å²) in [5.74, 6) is 0.336. The minimum absolute atomic E-state index is 0.0709. The summed E-state index contributed by atoms with van der Waals surface area (Å²) in [6, 6.07) is 4.88. The number of nitrogens with zero attached hydrogens (tertiary/aromatic N) is 2. The van der Waals surface area contributed by atoms with E-state index in [1.54, 1.807) is 22.8 Å². The molecular weight excluding hydrogens is 358 g/mol. The molecule has 1 aromatic carbocycles. The highest BCUT2D eigenvalue weighted by Gasteiger charge is 2.23. The standard InChI is InChI=1S/C21H25N3O4/c1-13-5-2-3-6-16(13)23-19(25)12-28-21(27)14-8-9-15-17(11-14)22-18-7-4-10-24(18)20(15)26/h8-9,11,13,16H,2-7,10,12H2,1H3,(H,23,25)/t13-,16+/m1/s1. The van der Waals surface area contributed by atoms with Crippen LogP contribution >= 0.6 is 0 Å². The van der Waals surface area contributed by atoms with E-state index in [1.807, 2.05) is 0 Å². The number of aryl methyl sites for hydroxylation is 1. The summed E-state index contributed by atoms with van der Waals surface area (Å²) in [7, 11) is 0. The maximum Gasteiger partial charge on any atom is 0.338 e. The van der Waals surface area contributed by atoms with Crippen molar-refractivity contribution in [2.75, 3.05) is 6.61 Å². The number of carbonyl (C=O) groups is 2. The van der Waals surface area contributed by atoms with Gasteiger partial charge < -0.3 is 10.1 Å². The third kappa shape index (κ3) is 3.66. The van der Waals surface area contributed by atoms with Crippen molar-refractivity contribution in [3.8, 4) is 0 Å². The Morgan fingerprint density at radius 2 is 2.07 bits per heavy atom. The Labute approximate surface area is 163 Å². The van der Waals surface area contributed by atoms with E-state index in [9.17, 15) is 14.4 Å². The van der Waals surface area contributed by atoms with E-state index in [4.69, 9.17) is 4.74 Å². The van der Waals surface area contributed by atoms with Crippen LogP contribution in [0.15, 0.2) is 23.0 Å². The highest BCUT2D eigenvalue weighted by atomic mass is 16.5. The van der Waals surface area contributed by atoms with Crippen LogP contribution in [0.25, 0.3) is 10.9 Å². The Morgan fingerprint density at radius 3 is 2.89 bits per heavy atom. The number of ether oxygens (including phenoxy) is 1. The van der Waals surface area contributed by atoms with Crippen molar-refractivity contribution in [3.05, 3.63) is 39.9 Å². The number of amides is 1. The second kappa shape index (κ2) is 7.73. The zero-order chi connectivity index (χ0) is 19.7. The molecule has 2 aliphatic rings. The number of aromatic nitrogens is 2. The van der Waals surface area contributed by atoms with Crippen molar-refractivity contribution in [3.63, 3.8) is 0 Å². The average molecular weight is 383 g/mol. The maximum atomic E-state index is 12.5. The lowest BCUT2D eigenvalue weighted by Gasteiger charge is -2.29. The Balaban J connectivity index is 1.42. The molecule has 2 aromatic rings. The van der Waals surface area contributed by atoms with Gasteiger partial charge in [0.15, 0.2) is 6.61 Å². The summed E-state index contributed by atoms with van der Waals surface area (Å²) in [5, 5.41) is 3.46. The van der Waals surface area contributed by atoms with Gasteiger partial charge in [-0.3, -0.25) is 14.2 Å². The Morgan fingerprint density at radius 1 is 1.25 bits per heavy atom. The van der Waals surface area contributed by atoms with E-state index < -0.39 is 5.97 Å². The molecule has 0 spiro atoms. The van der Waals surface area contributed by atoms with Gasteiger partial charge in [0, 0.05) is 19.0 Å². The molecule has 1 amide bonds. The number of rotatable bonds is 4. The van der Waals surface area contributed by atoms with Crippen LogP contribution in [0.3, 0.4) is 0 Å². The lowest BCUT2D eigenvalue weighted by molar-refractivity contribution is -0.125. The number of hydrogen-bond donors (Lipinski definition) is 1. The Bertz CT molecular complexity index is 982. The van der Waals surface area contributed by atoms with Crippen molar-refractivity contribution in [2.45, 2.75) is 58.0 Å². The number of nitrogens with one attached hydrogen (secondary N) is 1. The molecule has 1 saturated carbocycles. The monoisotopic (exact) mass is 383 g/mol. The second-order valence-electron chi connectivity index (χ2n) is 7.83. The highest BCUT2D eigenvalue weighted by Crippen LogP contribution is 2.23. The molecule has 1 aliphatic carbocycles. The number of carbonyl (C=O) groups excluding carboxylic acids is 2. The first kappa shape index (κ1) is 18.7. The SMILES string of the molecule is C[C@@H]1CCCC[C@@H]1NC(=O)COC(=O)c1ccc2c(=O)n3c(nc2c1)CCC3. The molecule has 7 nitrogen and oxygen atoms in total. The smallest absolute Gasteiger partial charge is 0.338 e. The fourth-order valence-electron chi connectivity index (χ4n) is 4.20. The molecule has 148 valence electrons. The van der Waals surface area contributed by atoms with Crippen molar-refractivity contribution >= 4 is 22.8 Å². The van der Waals surface area contributed by atoms with Gasteiger partial charge in [0.05, 0.1) is 16.5 Å². The van der Waals surface area contributed by atoms with Gasteiger partial charge in [-0.1, -0.05) is 19.8 Å². The molecule has 1 aromatic heterocycles. The molecule has 2 heterocycles. The Kier molecular flexibility index (Phi) is 5.15. The van der Waals surface area contributed by atoms with Gasteiger partial charge in [0.2, 0.25) is 0 Å². The van der Waals surface area contributed by atoms with Gasteiger partial charge in [-0.05, 0) is 43.4 Å². The van der Waals surface area contributed by atoms with Crippen LogP contribution in [0, 0.1) is 5.92 Å². The summed E-state index contributed by atoms with van der Waals surface area (Å²) in [6.45, 7) is 2.52. The quantitative estimate of drug-likeness (QED) is 0.818. The van der Waals surface area contributed by atoms with Crippen molar-refractivity contribution < 1.29 is 14.3 Å². The van der Waals surface area contributed by atoms with Gasteiger partial charge in [-0.25, -0.2) is 9.78 Å². The highest BCUT2D eigenvalue weighted by molar-refractivity contribution is 5.95. The van der Waals surface area contributed by atoms with Crippen LogP contribution in [-0.4, -0.2) is 34.1 Å². The first-order valence-electron chi connectivity index (χ1n) is 10.0. The molecule has 0 bridgehead atoms. The predicted octanol–water partition coefficient (Wildman–Crippen LogP) is 2.19. The normalized spacial score (nSPS) is 21.3. The summed E-state index contributed by atoms with van der Waals surface area (Å²) in [6.07, 6.45) is 6.06. The van der Waals surface area contributed by atoms with Crippen molar-refractivity contribution in [1.82, 2.24) is 14.9 Å². The van der Waals surface area contributed by atoms with Crippen molar-refractivity contribution in [1.29, 1.82) is 0 Å². The largest absolute Gasteiger partial charge is 0.452 e. The molecule has 0 saturated heterocycles. The molecule has 0 radical (unpaired) electrons. The number of esters is 1. The maximum absolute atomic E-state index is 12.5. The number of fused-ring (bicyclic) bond motifs is 2. The molecule has 28 heavy (non-hydrogen) atoms. The van der Waals surface area contributed by atoms with Crippen LogP contribution in [0.4, 0.5) is 0 Å². The average Bonchev–Trinajstić information content (AvgIpc) is 3.16. The van der Waals surface area contributed by atoms with E-state index in [2.05, 4.69) is 17.2 Å². The first-order chi connectivity index (χ1) is 13.5. The number of hydrogen-bond acceptors (Lipinski definition) is 5. The van der Waals surface area contributed by atoms with Gasteiger partial charge in [0.1, 0.15) is 5.82 Å². The summed E-state index contributed by atoms with van der Waals surface area (Å²) in [4.78, 5) is 41.5. The van der Waals surface area contributed by atoms with E-state index in [-0.39, 0.29) is 24.1 Å². The fourth-order valence-corrected chi connectivity index (χ4v) is 4.20. The third-order valence-corrected chi connectivity index (χ3v) is 5.84. The van der Waals surface area contributed by atoms with Crippen LogP contribution in [0.2, 0.25) is 0 Å². The topological polar surface area (TPSA) is 90.3 Å². The van der Waals surface area contributed by atoms with E-state index in [0.717, 1.165) is 37.9 Å². The first-order valence-corrected chi connectivity index (χ1v) is 10.0. The molecule has 4 rings (SSSR count). The van der Waals surface area contributed by atoms with Gasteiger partial charge >= 0.3 is 5.97 Å². The molecule has 0 unspecified atom stereocenters. The van der Waals surface area contributed by atoms with Crippen LogP contribution in [0.5, 0.6) is 0 Å². The van der Waals surface area contributed by atoms with Gasteiger partial charge in [-0.15, -0.1) is 0 Å². The fraction of sp³-hybridized carbons (Fsp3) is 0.524. The molecule has 1 fully saturated rings. The predicted molar refractivity (Wildman–Crippen MR) is 104 cm³/mol. The minimum atomic E-state index is -0.587. The Hall–Kier alpha value is -2.70. The number of benzene rings is 1. The summed E-state index contributed by atoms with van der Waals surface area (Å²) < 4.78 is 6.87. The lowest BCUT2D eigenvalue weighted by Crippen LogP contribution is -2.42. The van der Waals surface area contributed by atoms with E-state index >= 15 is 0 Å². The van der Waals surface area contributed by atoms with Gasteiger partial charge in [-0.2, -0.15) is 0 Å². The zero-order valence-electron chi connectivity index (χ0n) is 16.1.